The van der Waals surface area contributed by atoms with Crippen LogP contribution in [0, 0.1) is 28.6 Å². The van der Waals surface area contributed by atoms with Gasteiger partial charge in [-0.3, -0.25) is 5.32 Å². The molecule has 0 bridgehead atoms. The molecule has 7 heteroatoms. The highest BCUT2D eigenvalue weighted by atomic mass is 35.5. The number of nitriles is 2. The molecular formula is C10H6ClFN4S. The Bertz CT molecular complexity index is 544. The number of halogens is 2. The summed E-state index contributed by atoms with van der Waals surface area (Å²) in [5.74, 6) is -0.812. The lowest BCUT2D eigenvalue weighted by Crippen LogP contribution is -2.12. The van der Waals surface area contributed by atoms with E-state index in [4.69, 9.17) is 22.1 Å². The fourth-order valence-corrected chi connectivity index (χ4v) is 1.52. The van der Waals surface area contributed by atoms with Crippen molar-refractivity contribution in [3.8, 4) is 12.3 Å². The molecule has 0 aliphatic rings. The molecule has 86 valence electrons. The maximum absolute atomic E-state index is 13.5. The van der Waals surface area contributed by atoms with Gasteiger partial charge in [-0.2, -0.15) is 10.5 Å². The molecule has 0 aromatic heterocycles. The fraction of sp³-hybridized carbons (Fsp3) is 0.100. The number of benzene rings is 1. The van der Waals surface area contributed by atoms with Crippen molar-refractivity contribution in [1.82, 2.24) is 5.32 Å². The molecule has 1 aromatic carbocycles. The molecule has 0 radical (unpaired) electrons. The molecule has 0 saturated heterocycles. The maximum Gasteiger partial charge on any atom is 0.183 e. The van der Waals surface area contributed by atoms with Gasteiger partial charge in [0.15, 0.2) is 17.2 Å². The van der Waals surface area contributed by atoms with Gasteiger partial charge in [-0.1, -0.05) is 23.4 Å². The van der Waals surface area contributed by atoms with Gasteiger partial charge in [-0.05, 0) is 18.4 Å². The number of hydrogen-bond acceptors (Lipinski definition) is 4. The second-order valence-electron chi connectivity index (χ2n) is 2.73. The van der Waals surface area contributed by atoms with Gasteiger partial charge >= 0.3 is 0 Å². The van der Waals surface area contributed by atoms with Crippen LogP contribution in [0.25, 0.3) is 0 Å². The quantitative estimate of drug-likeness (QED) is 0.368. The Morgan fingerprint density at radius 2 is 2.24 bits per heavy atom. The highest BCUT2D eigenvalue weighted by molar-refractivity contribution is 8.13. The molecule has 4 nitrogen and oxygen atoms in total. The molecule has 0 aliphatic carbocycles. The zero-order valence-corrected chi connectivity index (χ0v) is 10.2. The number of nitrogens with one attached hydrogen (secondary N) is 1. The first-order chi connectivity index (χ1) is 8.13. The average molecular weight is 269 g/mol. The Kier molecular flexibility index (Phi) is 4.77. The van der Waals surface area contributed by atoms with Crippen molar-refractivity contribution in [3.05, 3.63) is 28.5 Å². The topological polar surface area (TPSA) is 72.0 Å². The van der Waals surface area contributed by atoms with Crippen LogP contribution in [0.1, 0.15) is 5.56 Å². The van der Waals surface area contributed by atoms with Crippen molar-refractivity contribution in [2.75, 3.05) is 6.26 Å². The summed E-state index contributed by atoms with van der Waals surface area (Å²) in [6.07, 6.45) is 3.39. The second kappa shape index (κ2) is 6.09. The lowest BCUT2D eigenvalue weighted by molar-refractivity contribution is 0.625. The van der Waals surface area contributed by atoms with E-state index in [-0.39, 0.29) is 21.4 Å². The fourth-order valence-electron chi connectivity index (χ4n) is 1.02. The van der Waals surface area contributed by atoms with Crippen molar-refractivity contribution in [3.63, 3.8) is 0 Å². The van der Waals surface area contributed by atoms with Crippen LogP contribution < -0.4 is 5.32 Å². The SMILES string of the molecule is CSC(=Nc1ccc(Cl)c(F)c1C#N)NC#N. The van der Waals surface area contributed by atoms with E-state index in [1.807, 2.05) is 0 Å². The summed E-state index contributed by atoms with van der Waals surface area (Å²) < 4.78 is 13.5. The third-order valence-corrected chi connectivity index (χ3v) is 2.63. The molecule has 0 atom stereocenters. The number of rotatable bonds is 1. The first-order valence-corrected chi connectivity index (χ1v) is 5.90. The highest BCUT2D eigenvalue weighted by Gasteiger charge is 2.12. The summed E-state index contributed by atoms with van der Waals surface area (Å²) in [4.78, 5) is 3.96. The van der Waals surface area contributed by atoms with E-state index < -0.39 is 5.82 Å². The van der Waals surface area contributed by atoms with Crippen molar-refractivity contribution < 1.29 is 4.39 Å². The Morgan fingerprint density at radius 1 is 1.53 bits per heavy atom. The summed E-state index contributed by atoms with van der Waals surface area (Å²) in [6.45, 7) is 0. The molecule has 1 N–H and O–H groups in total. The van der Waals surface area contributed by atoms with Crippen LogP contribution in [0.5, 0.6) is 0 Å². The Morgan fingerprint density at radius 3 is 2.76 bits per heavy atom. The van der Waals surface area contributed by atoms with E-state index in [0.29, 0.717) is 0 Å². The van der Waals surface area contributed by atoms with Crippen LogP contribution in [-0.2, 0) is 0 Å². The standard InChI is InChI=1S/C10H6ClFN4S/c1-17-10(15-5-14)16-8-3-2-7(11)9(12)6(8)4-13/h2-3H,1H3,(H,15,16). The van der Waals surface area contributed by atoms with E-state index in [2.05, 4.69) is 10.3 Å². The second-order valence-corrected chi connectivity index (χ2v) is 3.93. The van der Waals surface area contributed by atoms with Gasteiger partial charge in [0, 0.05) is 0 Å². The van der Waals surface area contributed by atoms with E-state index >= 15 is 0 Å². The van der Waals surface area contributed by atoms with Crippen molar-refractivity contribution >= 4 is 34.2 Å². The van der Waals surface area contributed by atoms with Gasteiger partial charge in [0.05, 0.1) is 10.7 Å². The van der Waals surface area contributed by atoms with Crippen molar-refractivity contribution in [1.29, 1.82) is 10.5 Å². The first kappa shape index (κ1) is 13.3. The van der Waals surface area contributed by atoms with Gasteiger partial charge in [-0.15, -0.1) is 0 Å². The predicted molar refractivity (Wildman–Crippen MR) is 65.5 cm³/mol. The van der Waals surface area contributed by atoms with Crippen LogP contribution in [0.4, 0.5) is 10.1 Å². The third-order valence-electron chi connectivity index (χ3n) is 1.76. The molecule has 0 unspecified atom stereocenters. The smallest absolute Gasteiger partial charge is 0.183 e. The monoisotopic (exact) mass is 268 g/mol. The minimum atomic E-state index is -0.812. The van der Waals surface area contributed by atoms with Gasteiger partial charge in [0.2, 0.25) is 0 Å². The van der Waals surface area contributed by atoms with Crippen LogP contribution in [0.2, 0.25) is 5.02 Å². The lowest BCUT2D eigenvalue weighted by atomic mass is 10.2. The number of aliphatic imine (C=N–C) groups is 1. The summed E-state index contributed by atoms with van der Waals surface area (Å²) in [7, 11) is 0. The van der Waals surface area contributed by atoms with E-state index in [1.54, 1.807) is 18.5 Å². The van der Waals surface area contributed by atoms with Gasteiger partial charge < -0.3 is 0 Å². The minimum absolute atomic E-state index is 0.126. The summed E-state index contributed by atoms with van der Waals surface area (Å²) in [6, 6.07) is 4.41. The Balaban J connectivity index is 3.29. The van der Waals surface area contributed by atoms with Crippen LogP contribution in [-0.4, -0.2) is 11.4 Å². The maximum atomic E-state index is 13.5. The molecular weight excluding hydrogens is 263 g/mol. The molecule has 0 heterocycles. The zero-order valence-electron chi connectivity index (χ0n) is 8.66. The van der Waals surface area contributed by atoms with E-state index in [0.717, 1.165) is 0 Å². The number of hydrogen-bond donors (Lipinski definition) is 1. The lowest BCUT2D eigenvalue weighted by Gasteiger charge is -2.03. The van der Waals surface area contributed by atoms with Crippen LogP contribution >= 0.6 is 23.4 Å². The first-order valence-electron chi connectivity index (χ1n) is 4.30. The van der Waals surface area contributed by atoms with E-state index in [1.165, 1.54) is 23.9 Å². The van der Waals surface area contributed by atoms with Gasteiger partial charge in [0.25, 0.3) is 0 Å². The molecule has 1 rings (SSSR count). The van der Waals surface area contributed by atoms with Gasteiger partial charge in [-0.25, -0.2) is 9.38 Å². The molecule has 0 aliphatic heterocycles. The highest BCUT2D eigenvalue weighted by Crippen LogP contribution is 2.27. The van der Waals surface area contributed by atoms with Crippen LogP contribution in [0.15, 0.2) is 17.1 Å². The molecule has 0 spiro atoms. The predicted octanol–water partition coefficient (Wildman–Crippen LogP) is 2.77. The summed E-state index contributed by atoms with van der Waals surface area (Å²) >= 11 is 6.72. The normalized spacial score (nSPS) is 10.5. The molecule has 17 heavy (non-hydrogen) atoms. The summed E-state index contributed by atoms with van der Waals surface area (Å²) in [5, 5.41) is 19.7. The molecule has 0 saturated carbocycles. The van der Waals surface area contributed by atoms with E-state index in [9.17, 15) is 4.39 Å². The Labute approximate surface area is 107 Å². The molecule has 1 aromatic rings. The average Bonchev–Trinajstić information content (AvgIpc) is 2.33. The Hall–Kier alpha value is -1.76. The van der Waals surface area contributed by atoms with Crippen molar-refractivity contribution in [2.24, 2.45) is 4.99 Å². The minimum Gasteiger partial charge on any atom is -0.271 e. The van der Waals surface area contributed by atoms with Crippen molar-refractivity contribution in [2.45, 2.75) is 0 Å². The molecule has 0 amide bonds. The zero-order chi connectivity index (χ0) is 12.8. The number of amidine groups is 1. The van der Waals surface area contributed by atoms with Gasteiger partial charge in [0.1, 0.15) is 11.6 Å². The number of thioether (sulfide) groups is 1. The molecule has 0 fully saturated rings. The number of nitrogens with zero attached hydrogens (tertiary/aromatic N) is 3. The summed E-state index contributed by atoms with van der Waals surface area (Å²) in [5.41, 5.74) is -0.120. The van der Waals surface area contributed by atoms with Crippen LogP contribution in [0.3, 0.4) is 0 Å². The largest absolute Gasteiger partial charge is 0.271 e. The third kappa shape index (κ3) is 3.10.